The smallest absolute Gasteiger partial charge is 0.119 e. The predicted octanol–water partition coefficient (Wildman–Crippen LogP) is 2.90. The van der Waals surface area contributed by atoms with Crippen LogP contribution in [0.2, 0.25) is 0 Å². The van der Waals surface area contributed by atoms with Crippen molar-refractivity contribution in [3.63, 3.8) is 0 Å². The minimum Gasteiger partial charge on any atom is -0.508 e. The first-order valence-corrected chi connectivity index (χ1v) is 6.12. The van der Waals surface area contributed by atoms with Crippen LogP contribution >= 0.6 is 0 Å². The van der Waals surface area contributed by atoms with Crippen LogP contribution in [0.1, 0.15) is 50.2 Å². The van der Waals surface area contributed by atoms with Gasteiger partial charge in [0, 0.05) is 17.5 Å². The summed E-state index contributed by atoms with van der Waals surface area (Å²) in [5.74, 6) is 0.881. The van der Waals surface area contributed by atoms with Gasteiger partial charge in [-0.2, -0.15) is 0 Å². The summed E-state index contributed by atoms with van der Waals surface area (Å²) in [6.07, 6.45) is 3.44. The van der Waals surface area contributed by atoms with Gasteiger partial charge < -0.3 is 10.8 Å². The number of phenols is 1. The molecule has 0 atom stereocenters. The third kappa shape index (κ3) is 1.71. The second-order valence-electron chi connectivity index (χ2n) is 5.27. The van der Waals surface area contributed by atoms with E-state index in [0.29, 0.717) is 18.2 Å². The average Bonchev–Trinajstić information content (AvgIpc) is 2.19. The predicted molar refractivity (Wildman–Crippen MR) is 66.8 cm³/mol. The van der Waals surface area contributed by atoms with Gasteiger partial charge in [0.25, 0.3) is 0 Å². The van der Waals surface area contributed by atoms with E-state index in [2.05, 4.69) is 26.0 Å². The Morgan fingerprint density at radius 2 is 2.06 bits per heavy atom. The number of phenolic OH excluding ortho intramolecular Hbond substituents is 1. The summed E-state index contributed by atoms with van der Waals surface area (Å²) in [6.45, 7) is 4.91. The lowest BCUT2D eigenvalue weighted by Crippen LogP contribution is -2.41. The fourth-order valence-electron chi connectivity index (χ4n) is 2.54. The molecule has 88 valence electrons. The van der Waals surface area contributed by atoms with Crippen molar-refractivity contribution in [3.05, 3.63) is 29.3 Å². The van der Waals surface area contributed by atoms with Gasteiger partial charge in [-0.1, -0.05) is 32.4 Å². The van der Waals surface area contributed by atoms with Crippen LogP contribution in [-0.2, 0) is 5.41 Å². The molecule has 1 aromatic carbocycles. The third-order valence-corrected chi connectivity index (χ3v) is 3.96. The van der Waals surface area contributed by atoms with Crippen LogP contribution in [0.4, 0.5) is 0 Å². The van der Waals surface area contributed by atoms with Crippen LogP contribution in [0.3, 0.4) is 0 Å². The molecular weight excluding hydrogens is 198 g/mol. The van der Waals surface area contributed by atoms with E-state index in [9.17, 15) is 5.11 Å². The summed E-state index contributed by atoms with van der Waals surface area (Å²) in [4.78, 5) is 0. The van der Waals surface area contributed by atoms with Crippen LogP contribution in [0.5, 0.6) is 5.75 Å². The highest BCUT2D eigenvalue weighted by atomic mass is 16.3. The summed E-state index contributed by atoms with van der Waals surface area (Å²) >= 11 is 0. The Kier molecular flexibility index (Phi) is 2.94. The molecule has 0 saturated heterocycles. The van der Waals surface area contributed by atoms with Gasteiger partial charge in [0.1, 0.15) is 5.75 Å². The largest absolute Gasteiger partial charge is 0.508 e. The molecule has 1 fully saturated rings. The van der Waals surface area contributed by atoms with Crippen LogP contribution in [0.15, 0.2) is 18.2 Å². The Morgan fingerprint density at radius 1 is 1.38 bits per heavy atom. The summed E-state index contributed by atoms with van der Waals surface area (Å²) in [6, 6.07) is 6.09. The van der Waals surface area contributed by atoms with E-state index in [1.165, 1.54) is 12.0 Å². The number of rotatable bonds is 3. The topological polar surface area (TPSA) is 46.2 Å². The molecule has 2 rings (SSSR count). The van der Waals surface area contributed by atoms with Crippen molar-refractivity contribution in [1.29, 1.82) is 0 Å². The molecule has 1 aliphatic rings. The van der Waals surface area contributed by atoms with E-state index < -0.39 is 0 Å². The summed E-state index contributed by atoms with van der Waals surface area (Å²) in [7, 11) is 0. The van der Waals surface area contributed by atoms with Gasteiger partial charge in [0.2, 0.25) is 0 Å². The van der Waals surface area contributed by atoms with E-state index in [1.54, 1.807) is 0 Å². The van der Waals surface area contributed by atoms with Crippen LogP contribution < -0.4 is 5.73 Å². The van der Waals surface area contributed by atoms with E-state index in [1.807, 2.05) is 6.07 Å². The zero-order valence-corrected chi connectivity index (χ0v) is 10.2. The monoisotopic (exact) mass is 219 g/mol. The first kappa shape index (κ1) is 11.5. The van der Waals surface area contributed by atoms with E-state index in [4.69, 9.17) is 5.73 Å². The molecule has 0 unspecified atom stereocenters. The average molecular weight is 219 g/mol. The molecule has 0 aliphatic heterocycles. The van der Waals surface area contributed by atoms with Crippen LogP contribution in [0.25, 0.3) is 0 Å². The van der Waals surface area contributed by atoms with Crippen LogP contribution in [-0.4, -0.2) is 11.7 Å². The molecule has 0 aromatic heterocycles. The lowest BCUT2D eigenvalue weighted by Gasteiger charge is -2.41. The van der Waals surface area contributed by atoms with Crippen molar-refractivity contribution < 1.29 is 5.11 Å². The lowest BCUT2D eigenvalue weighted by atomic mass is 9.64. The zero-order valence-electron chi connectivity index (χ0n) is 10.2. The Bertz CT molecular complexity index is 375. The molecule has 2 nitrogen and oxygen atoms in total. The fraction of sp³-hybridized carbons (Fsp3) is 0.571. The normalized spacial score (nSPS) is 18.5. The highest BCUT2D eigenvalue weighted by Crippen LogP contribution is 2.46. The van der Waals surface area contributed by atoms with Gasteiger partial charge >= 0.3 is 0 Å². The van der Waals surface area contributed by atoms with Gasteiger partial charge in [-0.25, -0.2) is 0 Å². The van der Waals surface area contributed by atoms with Crippen molar-refractivity contribution in [2.75, 3.05) is 6.54 Å². The number of aromatic hydroxyl groups is 1. The van der Waals surface area contributed by atoms with E-state index in [-0.39, 0.29) is 5.41 Å². The lowest BCUT2D eigenvalue weighted by molar-refractivity contribution is 0.245. The maximum atomic E-state index is 10.1. The number of benzene rings is 1. The number of hydrogen-bond acceptors (Lipinski definition) is 2. The molecule has 2 heteroatoms. The molecule has 0 radical (unpaired) electrons. The molecule has 0 bridgehead atoms. The minimum atomic E-state index is 0.0552. The second kappa shape index (κ2) is 4.10. The molecule has 1 saturated carbocycles. The maximum Gasteiger partial charge on any atom is 0.119 e. The SMILES string of the molecule is CC(C)c1ccc(C2(CN)CCC2)c(O)c1. The van der Waals surface area contributed by atoms with E-state index in [0.717, 1.165) is 18.4 Å². The second-order valence-corrected chi connectivity index (χ2v) is 5.27. The van der Waals surface area contributed by atoms with Crippen molar-refractivity contribution >= 4 is 0 Å². The van der Waals surface area contributed by atoms with Crippen molar-refractivity contribution in [3.8, 4) is 5.75 Å². The summed E-state index contributed by atoms with van der Waals surface area (Å²) in [5.41, 5.74) is 8.15. The zero-order chi connectivity index (χ0) is 11.8. The maximum absolute atomic E-state index is 10.1. The molecule has 1 aliphatic carbocycles. The molecule has 3 N–H and O–H groups in total. The third-order valence-electron chi connectivity index (χ3n) is 3.96. The van der Waals surface area contributed by atoms with Crippen molar-refractivity contribution in [1.82, 2.24) is 0 Å². The summed E-state index contributed by atoms with van der Waals surface area (Å²) < 4.78 is 0. The van der Waals surface area contributed by atoms with Gasteiger partial charge in [0.05, 0.1) is 0 Å². The summed E-state index contributed by atoms with van der Waals surface area (Å²) in [5, 5.41) is 10.1. The molecule has 0 heterocycles. The Hall–Kier alpha value is -1.02. The van der Waals surface area contributed by atoms with Crippen molar-refractivity contribution in [2.24, 2.45) is 5.73 Å². The highest BCUT2D eigenvalue weighted by molar-refractivity contribution is 5.44. The first-order valence-electron chi connectivity index (χ1n) is 6.12. The Morgan fingerprint density at radius 3 is 2.44 bits per heavy atom. The highest BCUT2D eigenvalue weighted by Gasteiger charge is 2.39. The molecule has 16 heavy (non-hydrogen) atoms. The molecule has 1 aromatic rings. The fourth-order valence-corrected chi connectivity index (χ4v) is 2.54. The van der Waals surface area contributed by atoms with Gasteiger partial charge in [-0.3, -0.25) is 0 Å². The molecular formula is C14H21NO. The van der Waals surface area contributed by atoms with Gasteiger partial charge in [-0.15, -0.1) is 0 Å². The standard InChI is InChI=1S/C14H21NO/c1-10(2)11-4-5-12(13(16)8-11)14(9-15)6-3-7-14/h4-5,8,10,16H,3,6-7,9,15H2,1-2H3. The quantitative estimate of drug-likeness (QED) is 0.821. The van der Waals surface area contributed by atoms with Gasteiger partial charge in [-0.05, 0) is 30.4 Å². The van der Waals surface area contributed by atoms with Crippen molar-refractivity contribution in [2.45, 2.75) is 44.4 Å². The minimum absolute atomic E-state index is 0.0552. The molecule has 0 amide bonds. The first-order chi connectivity index (χ1) is 7.59. The number of hydrogen-bond donors (Lipinski definition) is 2. The van der Waals surface area contributed by atoms with E-state index >= 15 is 0 Å². The molecule has 0 spiro atoms. The Balaban J connectivity index is 2.35. The van der Waals surface area contributed by atoms with Gasteiger partial charge in [0.15, 0.2) is 0 Å². The Labute approximate surface area is 97.5 Å². The van der Waals surface area contributed by atoms with Crippen LogP contribution in [0, 0.1) is 0 Å². The number of nitrogens with two attached hydrogens (primary N) is 1.